The minimum atomic E-state index is -3.30. The van der Waals surface area contributed by atoms with Gasteiger partial charge in [-0.3, -0.25) is 0 Å². The summed E-state index contributed by atoms with van der Waals surface area (Å²) in [5, 5.41) is 2.43. The molecule has 2 aromatic carbocycles. The molecule has 3 aromatic rings. The number of halogens is 1. The van der Waals surface area contributed by atoms with Crippen molar-refractivity contribution in [3.63, 3.8) is 0 Å². The first-order valence-electron chi connectivity index (χ1n) is 7.38. The molecule has 0 atom stereocenters. The lowest BCUT2D eigenvalue weighted by Crippen LogP contribution is -2.08. The first kappa shape index (κ1) is 16.8. The Morgan fingerprint density at radius 1 is 1.04 bits per heavy atom. The lowest BCUT2D eigenvalue weighted by Gasteiger charge is -2.06. The van der Waals surface area contributed by atoms with Crippen molar-refractivity contribution in [2.75, 3.05) is 0 Å². The summed E-state index contributed by atoms with van der Waals surface area (Å²) in [5.74, 6) is -0.404. The molecule has 24 heavy (non-hydrogen) atoms. The number of sulfone groups is 1. The molecule has 0 aliphatic heterocycles. The van der Waals surface area contributed by atoms with E-state index < -0.39 is 9.84 Å². The third-order valence-electron chi connectivity index (χ3n) is 3.65. The smallest absolute Gasteiger partial charge is 0.160 e. The fourth-order valence-electron chi connectivity index (χ4n) is 2.38. The van der Waals surface area contributed by atoms with Crippen molar-refractivity contribution in [1.82, 2.24) is 4.98 Å². The summed E-state index contributed by atoms with van der Waals surface area (Å²) in [6.07, 6.45) is 0. The molecule has 6 heteroatoms. The summed E-state index contributed by atoms with van der Waals surface area (Å²) >= 11 is 1.36. The van der Waals surface area contributed by atoms with Gasteiger partial charge in [-0.05, 0) is 42.3 Å². The standard InChI is InChI=1S/C18H16FNO2S2/c1-13-4-2-3-5-15(13)11-24(21,22)12-17-10-23-18(20-17)14-6-8-16(19)9-7-14/h2-10H,11-12H2,1H3. The van der Waals surface area contributed by atoms with E-state index in [9.17, 15) is 12.8 Å². The molecule has 0 unspecified atom stereocenters. The van der Waals surface area contributed by atoms with Crippen molar-refractivity contribution in [2.24, 2.45) is 0 Å². The van der Waals surface area contributed by atoms with Crippen LogP contribution in [0.15, 0.2) is 53.9 Å². The Hall–Kier alpha value is -2.05. The van der Waals surface area contributed by atoms with Gasteiger partial charge in [-0.15, -0.1) is 11.3 Å². The van der Waals surface area contributed by atoms with Gasteiger partial charge in [0.25, 0.3) is 0 Å². The Balaban J connectivity index is 1.76. The molecule has 1 aromatic heterocycles. The first-order chi connectivity index (χ1) is 11.4. The number of benzene rings is 2. The van der Waals surface area contributed by atoms with E-state index in [2.05, 4.69) is 4.98 Å². The predicted octanol–water partition coefficient (Wildman–Crippen LogP) is 4.37. The van der Waals surface area contributed by atoms with Crippen molar-refractivity contribution in [1.29, 1.82) is 0 Å². The van der Waals surface area contributed by atoms with E-state index in [0.717, 1.165) is 16.7 Å². The SMILES string of the molecule is Cc1ccccc1CS(=O)(=O)Cc1csc(-c2ccc(F)cc2)n1. The quantitative estimate of drug-likeness (QED) is 0.678. The van der Waals surface area contributed by atoms with E-state index in [-0.39, 0.29) is 17.3 Å². The zero-order valence-electron chi connectivity index (χ0n) is 13.1. The van der Waals surface area contributed by atoms with Gasteiger partial charge in [-0.2, -0.15) is 0 Å². The Labute approximate surface area is 144 Å². The highest BCUT2D eigenvalue weighted by molar-refractivity contribution is 7.89. The summed E-state index contributed by atoms with van der Waals surface area (Å²) < 4.78 is 37.8. The molecule has 0 amide bonds. The average Bonchev–Trinajstić information content (AvgIpc) is 2.98. The Bertz CT molecular complexity index is 947. The second-order valence-corrected chi connectivity index (χ2v) is 8.53. The van der Waals surface area contributed by atoms with Gasteiger partial charge in [-0.25, -0.2) is 17.8 Å². The van der Waals surface area contributed by atoms with E-state index in [0.29, 0.717) is 10.7 Å². The summed E-state index contributed by atoms with van der Waals surface area (Å²) in [7, 11) is -3.30. The molecule has 0 fully saturated rings. The highest BCUT2D eigenvalue weighted by Gasteiger charge is 2.17. The van der Waals surface area contributed by atoms with Crippen molar-refractivity contribution in [2.45, 2.75) is 18.4 Å². The second-order valence-electron chi connectivity index (χ2n) is 5.61. The average molecular weight is 361 g/mol. The van der Waals surface area contributed by atoms with E-state index >= 15 is 0 Å². The van der Waals surface area contributed by atoms with E-state index in [1.54, 1.807) is 17.5 Å². The molecule has 124 valence electrons. The van der Waals surface area contributed by atoms with Gasteiger partial charge in [0, 0.05) is 10.9 Å². The number of rotatable bonds is 5. The fraction of sp³-hybridized carbons (Fsp3) is 0.167. The molecular formula is C18H16FNO2S2. The van der Waals surface area contributed by atoms with Gasteiger partial charge < -0.3 is 0 Å². The maximum atomic E-state index is 13.0. The van der Waals surface area contributed by atoms with Crippen LogP contribution in [0.4, 0.5) is 4.39 Å². The van der Waals surface area contributed by atoms with Crippen molar-refractivity contribution >= 4 is 21.2 Å². The Morgan fingerprint density at radius 2 is 1.75 bits per heavy atom. The minimum Gasteiger partial charge on any atom is -0.240 e. The second kappa shape index (κ2) is 6.83. The third kappa shape index (κ3) is 4.07. The third-order valence-corrected chi connectivity index (χ3v) is 6.07. The largest absolute Gasteiger partial charge is 0.240 e. The Morgan fingerprint density at radius 3 is 2.46 bits per heavy atom. The Kier molecular flexibility index (Phi) is 4.78. The number of aromatic nitrogens is 1. The van der Waals surface area contributed by atoms with E-state index in [1.807, 2.05) is 31.2 Å². The van der Waals surface area contributed by atoms with Crippen LogP contribution in [0, 0.1) is 12.7 Å². The van der Waals surface area contributed by atoms with Gasteiger partial charge in [0.2, 0.25) is 0 Å². The van der Waals surface area contributed by atoms with Crippen LogP contribution in [0.25, 0.3) is 10.6 Å². The van der Waals surface area contributed by atoms with Crippen molar-refractivity contribution in [3.05, 3.63) is 76.5 Å². The maximum absolute atomic E-state index is 13.0. The van der Waals surface area contributed by atoms with Gasteiger partial charge in [0.05, 0.1) is 17.2 Å². The summed E-state index contributed by atoms with van der Waals surface area (Å²) in [4.78, 5) is 4.38. The zero-order valence-corrected chi connectivity index (χ0v) is 14.7. The van der Waals surface area contributed by atoms with Crippen LogP contribution in [0.1, 0.15) is 16.8 Å². The molecule has 0 N–H and O–H groups in total. The lowest BCUT2D eigenvalue weighted by molar-refractivity contribution is 0.594. The van der Waals surface area contributed by atoms with Crippen LogP contribution in [-0.2, 0) is 21.3 Å². The molecule has 0 saturated heterocycles. The zero-order chi connectivity index (χ0) is 17.2. The molecule has 1 heterocycles. The van der Waals surface area contributed by atoms with Gasteiger partial charge in [-0.1, -0.05) is 24.3 Å². The van der Waals surface area contributed by atoms with Crippen molar-refractivity contribution in [3.8, 4) is 10.6 Å². The predicted molar refractivity (Wildman–Crippen MR) is 95.0 cm³/mol. The maximum Gasteiger partial charge on any atom is 0.160 e. The number of hydrogen-bond donors (Lipinski definition) is 0. The summed E-state index contributed by atoms with van der Waals surface area (Å²) in [6.45, 7) is 1.90. The van der Waals surface area contributed by atoms with E-state index in [4.69, 9.17) is 0 Å². The van der Waals surface area contributed by atoms with Crippen LogP contribution >= 0.6 is 11.3 Å². The van der Waals surface area contributed by atoms with Crippen LogP contribution in [0.2, 0.25) is 0 Å². The minimum absolute atomic E-state index is 0.00306. The normalized spacial score (nSPS) is 11.6. The van der Waals surface area contributed by atoms with Crippen LogP contribution < -0.4 is 0 Å². The number of hydrogen-bond acceptors (Lipinski definition) is 4. The van der Waals surface area contributed by atoms with Gasteiger partial charge in [0.1, 0.15) is 10.8 Å². The van der Waals surface area contributed by atoms with E-state index in [1.165, 1.54) is 23.5 Å². The molecule has 0 saturated carbocycles. The molecule has 0 aliphatic carbocycles. The first-order valence-corrected chi connectivity index (χ1v) is 10.1. The molecule has 0 bridgehead atoms. The van der Waals surface area contributed by atoms with Crippen molar-refractivity contribution < 1.29 is 12.8 Å². The van der Waals surface area contributed by atoms with Gasteiger partial charge >= 0.3 is 0 Å². The topological polar surface area (TPSA) is 47.0 Å². The highest BCUT2D eigenvalue weighted by atomic mass is 32.2. The lowest BCUT2D eigenvalue weighted by atomic mass is 10.1. The molecule has 3 nitrogen and oxygen atoms in total. The molecule has 0 spiro atoms. The molecule has 0 aliphatic rings. The summed E-state index contributed by atoms with van der Waals surface area (Å²) in [5.41, 5.74) is 3.08. The number of aryl methyl sites for hydroxylation is 1. The van der Waals surface area contributed by atoms with Gasteiger partial charge in [0.15, 0.2) is 9.84 Å². The molecule has 0 radical (unpaired) electrons. The number of thiazole rings is 1. The molecular weight excluding hydrogens is 345 g/mol. The van der Waals surface area contributed by atoms with Crippen LogP contribution in [0.3, 0.4) is 0 Å². The van der Waals surface area contributed by atoms with Crippen LogP contribution in [0.5, 0.6) is 0 Å². The highest BCUT2D eigenvalue weighted by Crippen LogP contribution is 2.25. The monoisotopic (exact) mass is 361 g/mol. The fourth-order valence-corrected chi connectivity index (χ4v) is 4.81. The van der Waals surface area contributed by atoms with Crippen LogP contribution in [-0.4, -0.2) is 13.4 Å². The summed E-state index contributed by atoms with van der Waals surface area (Å²) in [6, 6.07) is 13.5. The number of nitrogens with zero attached hydrogens (tertiary/aromatic N) is 1. The molecule has 3 rings (SSSR count).